The van der Waals surface area contributed by atoms with Crippen molar-refractivity contribution >= 4 is 5.57 Å². The molecule has 0 amide bonds. The summed E-state index contributed by atoms with van der Waals surface area (Å²) in [6, 6.07) is 9.08. The highest BCUT2D eigenvalue weighted by atomic mass is 16.6. The van der Waals surface area contributed by atoms with Gasteiger partial charge in [0.15, 0.2) is 0 Å². The monoisotopic (exact) mass is 189 g/mol. The minimum atomic E-state index is -0.502. The second-order valence-electron chi connectivity index (χ2n) is 3.40. The summed E-state index contributed by atoms with van der Waals surface area (Å²) in [5.74, 6) is 0. The summed E-state index contributed by atoms with van der Waals surface area (Å²) >= 11 is 0. The van der Waals surface area contributed by atoms with Gasteiger partial charge in [-0.15, -0.1) is 0 Å². The lowest BCUT2D eigenvalue weighted by molar-refractivity contribution is -0.505. The van der Waals surface area contributed by atoms with Crippen LogP contribution in [-0.4, -0.2) is 11.0 Å². The molecule has 0 N–H and O–H groups in total. The predicted octanol–water partition coefficient (Wildman–Crippen LogP) is 2.51. The fourth-order valence-corrected chi connectivity index (χ4v) is 1.85. The first-order chi connectivity index (χ1) is 6.79. The van der Waals surface area contributed by atoms with Crippen LogP contribution in [0.3, 0.4) is 0 Å². The molecular weight excluding hydrogens is 178 g/mol. The third-order valence-electron chi connectivity index (χ3n) is 2.52. The van der Waals surface area contributed by atoms with Crippen LogP contribution in [0, 0.1) is 10.1 Å². The van der Waals surface area contributed by atoms with Gasteiger partial charge in [-0.1, -0.05) is 36.4 Å². The Hall–Kier alpha value is -1.64. The van der Waals surface area contributed by atoms with Gasteiger partial charge in [0.1, 0.15) is 0 Å². The number of rotatable bonds is 2. The van der Waals surface area contributed by atoms with E-state index < -0.39 is 6.04 Å². The van der Waals surface area contributed by atoms with Crippen LogP contribution in [0.15, 0.2) is 36.4 Å². The summed E-state index contributed by atoms with van der Waals surface area (Å²) in [6.45, 7) is 0. The van der Waals surface area contributed by atoms with Crippen molar-refractivity contribution in [2.75, 3.05) is 0 Å². The van der Waals surface area contributed by atoms with Gasteiger partial charge in [-0.3, -0.25) is 10.1 Å². The summed E-state index contributed by atoms with van der Waals surface area (Å²) in [5, 5.41) is 10.8. The molecule has 1 aromatic rings. The van der Waals surface area contributed by atoms with Crippen molar-refractivity contribution < 1.29 is 4.92 Å². The molecule has 1 unspecified atom stereocenters. The average molecular weight is 189 g/mol. The Labute approximate surface area is 82.2 Å². The molecule has 0 saturated carbocycles. The zero-order valence-corrected chi connectivity index (χ0v) is 7.72. The third-order valence-corrected chi connectivity index (χ3v) is 2.52. The van der Waals surface area contributed by atoms with Gasteiger partial charge in [0.05, 0.1) is 0 Å². The van der Waals surface area contributed by atoms with E-state index in [0.29, 0.717) is 6.42 Å². The predicted molar refractivity (Wildman–Crippen MR) is 54.4 cm³/mol. The maximum atomic E-state index is 10.8. The zero-order chi connectivity index (χ0) is 9.97. The SMILES string of the molecule is O=[N+]([O-])C1CCC=C1c1ccccc1. The Morgan fingerprint density at radius 3 is 2.64 bits per heavy atom. The van der Waals surface area contributed by atoms with Crippen LogP contribution in [0.2, 0.25) is 0 Å². The van der Waals surface area contributed by atoms with Crippen LogP contribution in [0.25, 0.3) is 5.57 Å². The summed E-state index contributed by atoms with van der Waals surface area (Å²) in [7, 11) is 0. The Morgan fingerprint density at radius 2 is 2.00 bits per heavy atom. The summed E-state index contributed by atoms with van der Waals surface area (Å²) < 4.78 is 0. The maximum absolute atomic E-state index is 10.8. The quantitative estimate of drug-likeness (QED) is 0.530. The molecule has 0 saturated heterocycles. The summed E-state index contributed by atoms with van der Waals surface area (Å²) in [6.07, 6.45) is 3.43. The fourth-order valence-electron chi connectivity index (χ4n) is 1.85. The Balaban J connectivity index is 2.31. The lowest BCUT2D eigenvalue weighted by atomic mass is 10.0. The van der Waals surface area contributed by atoms with Crippen molar-refractivity contribution in [1.29, 1.82) is 0 Å². The Morgan fingerprint density at radius 1 is 1.29 bits per heavy atom. The van der Waals surface area contributed by atoms with Gasteiger partial charge in [-0.2, -0.15) is 0 Å². The lowest BCUT2D eigenvalue weighted by Gasteiger charge is -2.06. The van der Waals surface area contributed by atoms with Crippen molar-refractivity contribution in [3.05, 3.63) is 52.1 Å². The van der Waals surface area contributed by atoms with Crippen molar-refractivity contribution in [1.82, 2.24) is 0 Å². The van der Waals surface area contributed by atoms with E-state index in [1.165, 1.54) is 0 Å². The van der Waals surface area contributed by atoms with Crippen LogP contribution in [0.1, 0.15) is 18.4 Å². The van der Waals surface area contributed by atoms with Crippen LogP contribution < -0.4 is 0 Å². The van der Waals surface area contributed by atoms with E-state index in [1.807, 2.05) is 36.4 Å². The number of nitro groups is 1. The van der Waals surface area contributed by atoms with Gasteiger partial charge >= 0.3 is 0 Å². The average Bonchev–Trinajstić information content (AvgIpc) is 2.67. The molecule has 3 nitrogen and oxygen atoms in total. The molecule has 1 atom stereocenters. The molecule has 0 aromatic heterocycles. The van der Waals surface area contributed by atoms with Gasteiger partial charge in [0, 0.05) is 16.9 Å². The van der Waals surface area contributed by atoms with Crippen LogP contribution >= 0.6 is 0 Å². The largest absolute Gasteiger partial charge is 0.264 e. The minimum Gasteiger partial charge on any atom is -0.264 e. The van der Waals surface area contributed by atoms with Gasteiger partial charge in [0.2, 0.25) is 6.04 Å². The molecule has 0 fully saturated rings. The van der Waals surface area contributed by atoms with E-state index in [-0.39, 0.29) is 4.92 Å². The molecule has 0 spiro atoms. The summed E-state index contributed by atoms with van der Waals surface area (Å²) in [5.41, 5.74) is 1.85. The first kappa shape index (κ1) is 8.94. The van der Waals surface area contributed by atoms with Crippen LogP contribution in [-0.2, 0) is 0 Å². The molecule has 1 aliphatic rings. The second-order valence-corrected chi connectivity index (χ2v) is 3.40. The molecule has 14 heavy (non-hydrogen) atoms. The van der Waals surface area contributed by atoms with Gasteiger partial charge < -0.3 is 0 Å². The molecule has 1 aromatic carbocycles. The number of hydrogen-bond donors (Lipinski definition) is 0. The number of allylic oxidation sites excluding steroid dienone is 1. The van der Waals surface area contributed by atoms with E-state index in [4.69, 9.17) is 0 Å². The van der Waals surface area contributed by atoms with Crippen LogP contribution in [0.4, 0.5) is 0 Å². The standard InChI is InChI=1S/C11H11NO2/c13-12(14)11-8-4-7-10(11)9-5-2-1-3-6-9/h1-3,5-7,11H,4,8H2. The third kappa shape index (κ3) is 1.53. The molecule has 0 aliphatic heterocycles. The highest BCUT2D eigenvalue weighted by Gasteiger charge is 2.29. The molecule has 72 valence electrons. The molecular formula is C11H11NO2. The minimum absolute atomic E-state index is 0.189. The fraction of sp³-hybridized carbons (Fsp3) is 0.273. The molecule has 2 rings (SSSR count). The normalized spacial score (nSPS) is 20.6. The van der Waals surface area contributed by atoms with E-state index in [0.717, 1.165) is 17.6 Å². The molecule has 0 radical (unpaired) electrons. The topological polar surface area (TPSA) is 43.1 Å². The first-order valence-corrected chi connectivity index (χ1v) is 4.68. The van der Waals surface area contributed by atoms with Crippen molar-refractivity contribution in [3.8, 4) is 0 Å². The highest BCUT2D eigenvalue weighted by Crippen LogP contribution is 2.29. The van der Waals surface area contributed by atoms with E-state index in [9.17, 15) is 10.1 Å². The van der Waals surface area contributed by atoms with Crippen molar-refractivity contribution in [2.24, 2.45) is 0 Å². The van der Waals surface area contributed by atoms with E-state index >= 15 is 0 Å². The molecule has 0 bridgehead atoms. The Kier molecular flexibility index (Phi) is 2.31. The van der Waals surface area contributed by atoms with Gasteiger partial charge in [-0.05, 0) is 12.0 Å². The van der Waals surface area contributed by atoms with E-state index in [2.05, 4.69) is 0 Å². The van der Waals surface area contributed by atoms with Gasteiger partial charge in [0.25, 0.3) is 0 Å². The zero-order valence-electron chi connectivity index (χ0n) is 7.72. The van der Waals surface area contributed by atoms with Crippen molar-refractivity contribution in [3.63, 3.8) is 0 Å². The maximum Gasteiger partial charge on any atom is 0.238 e. The second kappa shape index (κ2) is 3.62. The number of hydrogen-bond acceptors (Lipinski definition) is 2. The molecule has 1 aliphatic carbocycles. The molecule has 0 heterocycles. The number of benzene rings is 1. The van der Waals surface area contributed by atoms with Crippen molar-refractivity contribution in [2.45, 2.75) is 18.9 Å². The number of nitrogens with zero attached hydrogens (tertiary/aromatic N) is 1. The Bertz CT molecular complexity index is 370. The summed E-state index contributed by atoms with van der Waals surface area (Å²) in [4.78, 5) is 10.6. The highest BCUT2D eigenvalue weighted by molar-refractivity contribution is 5.70. The lowest BCUT2D eigenvalue weighted by Crippen LogP contribution is -2.17. The van der Waals surface area contributed by atoms with E-state index in [1.54, 1.807) is 0 Å². The van der Waals surface area contributed by atoms with Crippen LogP contribution in [0.5, 0.6) is 0 Å². The molecule has 3 heteroatoms. The van der Waals surface area contributed by atoms with Gasteiger partial charge in [-0.25, -0.2) is 0 Å². The first-order valence-electron chi connectivity index (χ1n) is 4.68. The smallest absolute Gasteiger partial charge is 0.238 e.